The highest BCUT2D eigenvalue weighted by Gasteiger charge is 2.65. The summed E-state index contributed by atoms with van der Waals surface area (Å²) in [6.45, 7) is 18.8. The summed E-state index contributed by atoms with van der Waals surface area (Å²) in [5, 5.41) is 27.0. The van der Waals surface area contributed by atoms with E-state index >= 15 is 0 Å². The minimum atomic E-state index is -0.356. The first-order valence-electron chi connectivity index (χ1n) is 19.7. The molecule has 5 N–H and O–H groups in total. The number of aliphatic hydroxyl groups excluding tert-OH is 2. The van der Waals surface area contributed by atoms with E-state index in [0.717, 1.165) is 77.0 Å². The first-order chi connectivity index (χ1) is 21.7. The number of carbonyl (C=O) groups is 1. The first-order valence-corrected chi connectivity index (χ1v) is 19.7. The molecule has 0 aromatic rings. The van der Waals surface area contributed by atoms with Crippen LogP contribution in [0, 0.1) is 52.3 Å². The SMILES string of the molecule is CCCCCC(C)O[C@@H]1CC[C@]2(C)C3C[C@H](O)[C@@]4(C)C(CC[C@@H]4[C@H](C)CCC(=O)NCCC(C)(N)CC(C)CC)C3[C@H](O)C[C@@H]2C1. The molecule has 0 spiro atoms. The van der Waals surface area contributed by atoms with Crippen LogP contribution < -0.4 is 11.1 Å². The summed E-state index contributed by atoms with van der Waals surface area (Å²) in [6.07, 6.45) is 16.3. The van der Waals surface area contributed by atoms with Gasteiger partial charge in [-0.3, -0.25) is 4.79 Å². The largest absolute Gasteiger partial charge is 0.393 e. The zero-order chi connectivity index (χ0) is 33.9. The number of rotatable bonds is 16. The molecule has 6 unspecified atom stereocenters. The Balaban J connectivity index is 1.33. The van der Waals surface area contributed by atoms with Gasteiger partial charge in [0.2, 0.25) is 5.91 Å². The van der Waals surface area contributed by atoms with E-state index in [1.54, 1.807) is 0 Å². The summed E-state index contributed by atoms with van der Waals surface area (Å²) >= 11 is 0. The Morgan fingerprint density at radius 2 is 1.76 bits per heavy atom. The maximum absolute atomic E-state index is 12.9. The number of amides is 1. The smallest absolute Gasteiger partial charge is 0.220 e. The summed E-state index contributed by atoms with van der Waals surface area (Å²) in [4.78, 5) is 12.9. The predicted molar refractivity (Wildman–Crippen MR) is 189 cm³/mol. The van der Waals surface area contributed by atoms with Gasteiger partial charge in [-0.15, -0.1) is 0 Å². The Hall–Kier alpha value is -0.690. The second-order valence-electron chi connectivity index (χ2n) is 17.9. The van der Waals surface area contributed by atoms with Crippen molar-refractivity contribution in [3.05, 3.63) is 0 Å². The minimum Gasteiger partial charge on any atom is -0.393 e. The molecule has 4 rings (SSSR count). The lowest BCUT2D eigenvalue weighted by molar-refractivity contribution is -0.211. The fourth-order valence-electron chi connectivity index (χ4n) is 11.5. The Kier molecular flexibility index (Phi) is 13.2. The van der Waals surface area contributed by atoms with E-state index in [1.165, 1.54) is 19.3 Å². The molecule has 6 heteroatoms. The molecule has 0 aliphatic heterocycles. The molecule has 6 nitrogen and oxygen atoms in total. The first kappa shape index (κ1) is 38.1. The average Bonchev–Trinajstić information content (AvgIpc) is 3.35. The van der Waals surface area contributed by atoms with Gasteiger partial charge in [0.05, 0.1) is 24.4 Å². The molecule has 0 heterocycles. The van der Waals surface area contributed by atoms with Crippen molar-refractivity contribution >= 4 is 5.91 Å². The van der Waals surface area contributed by atoms with E-state index in [1.807, 2.05) is 0 Å². The van der Waals surface area contributed by atoms with Crippen molar-refractivity contribution in [2.45, 2.75) is 188 Å². The fraction of sp³-hybridized carbons (Fsp3) is 0.975. The minimum absolute atomic E-state index is 0.117. The molecule has 4 saturated carbocycles. The monoisotopic (exact) mass is 647 g/mol. The number of ether oxygens (including phenoxy) is 1. The van der Waals surface area contributed by atoms with Gasteiger partial charge in [0, 0.05) is 18.5 Å². The van der Waals surface area contributed by atoms with Crippen molar-refractivity contribution in [3.63, 3.8) is 0 Å². The molecule has 268 valence electrons. The quantitative estimate of drug-likeness (QED) is 0.127. The second kappa shape index (κ2) is 15.9. The van der Waals surface area contributed by atoms with Gasteiger partial charge >= 0.3 is 0 Å². The lowest BCUT2D eigenvalue weighted by Gasteiger charge is -2.63. The van der Waals surface area contributed by atoms with Gasteiger partial charge in [-0.05, 0) is 137 Å². The molecular weight excluding hydrogens is 572 g/mol. The number of unbranched alkanes of at least 4 members (excludes halogenated alkanes) is 2. The van der Waals surface area contributed by atoms with Gasteiger partial charge < -0.3 is 26.0 Å². The van der Waals surface area contributed by atoms with Crippen LogP contribution in [-0.2, 0) is 9.53 Å². The van der Waals surface area contributed by atoms with E-state index in [9.17, 15) is 15.0 Å². The molecule has 0 aromatic carbocycles. The maximum atomic E-state index is 12.9. The van der Waals surface area contributed by atoms with E-state index in [0.29, 0.717) is 60.7 Å². The summed E-state index contributed by atoms with van der Waals surface area (Å²) < 4.78 is 6.58. The van der Waals surface area contributed by atoms with Gasteiger partial charge in [0.25, 0.3) is 0 Å². The van der Waals surface area contributed by atoms with E-state index < -0.39 is 0 Å². The van der Waals surface area contributed by atoms with Crippen molar-refractivity contribution in [3.8, 4) is 0 Å². The van der Waals surface area contributed by atoms with Crippen LogP contribution in [0.3, 0.4) is 0 Å². The zero-order valence-corrected chi connectivity index (χ0v) is 31.2. The molecule has 4 aliphatic rings. The van der Waals surface area contributed by atoms with Gasteiger partial charge in [-0.1, -0.05) is 67.2 Å². The van der Waals surface area contributed by atoms with Crippen LogP contribution in [-0.4, -0.2) is 52.6 Å². The fourth-order valence-corrected chi connectivity index (χ4v) is 11.5. The van der Waals surface area contributed by atoms with Crippen molar-refractivity contribution in [2.75, 3.05) is 6.54 Å². The molecule has 0 radical (unpaired) electrons. The van der Waals surface area contributed by atoms with Crippen LogP contribution in [0.25, 0.3) is 0 Å². The molecule has 4 aliphatic carbocycles. The van der Waals surface area contributed by atoms with Gasteiger partial charge in [0.1, 0.15) is 0 Å². The third kappa shape index (κ3) is 8.36. The Morgan fingerprint density at radius 3 is 2.46 bits per heavy atom. The van der Waals surface area contributed by atoms with E-state index in [2.05, 4.69) is 60.7 Å². The normalized spacial score (nSPS) is 40.6. The highest BCUT2D eigenvalue weighted by Crippen LogP contribution is 2.68. The standard InChI is InChI=1S/C40H74N2O4/c1-9-11-12-13-28(5)46-30-18-19-39(7)29(22-30)23-34(43)37-32-16-15-31(40(32,8)35(44)24-33(37)39)27(4)14-17-36(45)42-21-20-38(6,41)25-26(3)10-2/h26-35,37,43-44H,9-25,41H2,1-8H3,(H,42,45)/t26?,27-,28?,29+,30-,31-,32?,33?,34-,35+,37?,38?,39+,40-/m1/s1. The molecular formula is C40H74N2O4. The van der Waals surface area contributed by atoms with Crippen molar-refractivity contribution < 1.29 is 19.7 Å². The molecule has 14 atom stereocenters. The molecule has 0 aromatic heterocycles. The van der Waals surface area contributed by atoms with Crippen molar-refractivity contribution in [2.24, 2.45) is 58.0 Å². The summed E-state index contributed by atoms with van der Waals surface area (Å²) in [5.74, 6) is 2.88. The van der Waals surface area contributed by atoms with E-state index in [-0.39, 0.29) is 40.4 Å². The Labute approximate surface area is 283 Å². The second-order valence-corrected chi connectivity index (χ2v) is 17.9. The lowest BCUT2D eigenvalue weighted by atomic mass is 9.43. The molecule has 0 saturated heterocycles. The van der Waals surface area contributed by atoms with Crippen LogP contribution in [0.4, 0.5) is 0 Å². The van der Waals surface area contributed by atoms with Crippen LogP contribution >= 0.6 is 0 Å². The van der Waals surface area contributed by atoms with E-state index in [4.69, 9.17) is 10.5 Å². The van der Waals surface area contributed by atoms with Crippen molar-refractivity contribution in [1.29, 1.82) is 0 Å². The number of nitrogens with one attached hydrogen (secondary N) is 1. The number of nitrogens with two attached hydrogens (primary N) is 1. The Bertz CT molecular complexity index is 973. The van der Waals surface area contributed by atoms with Gasteiger partial charge in [-0.25, -0.2) is 0 Å². The number of fused-ring (bicyclic) bond motifs is 5. The molecule has 46 heavy (non-hydrogen) atoms. The number of hydrogen-bond acceptors (Lipinski definition) is 5. The highest BCUT2D eigenvalue weighted by atomic mass is 16.5. The van der Waals surface area contributed by atoms with Crippen LogP contribution in [0.2, 0.25) is 0 Å². The Morgan fingerprint density at radius 1 is 1.02 bits per heavy atom. The summed E-state index contributed by atoms with van der Waals surface area (Å²) in [5.41, 5.74) is 6.23. The van der Waals surface area contributed by atoms with Crippen LogP contribution in [0.15, 0.2) is 0 Å². The molecule has 4 fully saturated rings. The number of aliphatic hydroxyl groups is 2. The van der Waals surface area contributed by atoms with Crippen LogP contribution in [0.5, 0.6) is 0 Å². The average molecular weight is 647 g/mol. The van der Waals surface area contributed by atoms with Crippen LogP contribution in [0.1, 0.15) is 158 Å². The number of carbonyl (C=O) groups excluding carboxylic acids is 1. The number of hydrogen-bond donors (Lipinski definition) is 4. The summed E-state index contributed by atoms with van der Waals surface area (Å²) in [6, 6.07) is 0. The molecule has 1 amide bonds. The molecule has 0 bridgehead atoms. The predicted octanol–water partition coefficient (Wildman–Crippen LogP) is 8.02. The van der Waals surface area contributed by atoms with Gasteiger partial charge in [0.15, 0.2) is 0 Å². The third-order valence-electron chi connectivity index (χ3n) is 14.5. The maximum Gasteiger partial charge on any atom is 0.220 e. The topological polar surface area (TPSA) is 105 Å². The highest BCUT2D eigenvalue weighted by molar-refractivity contribution is 5.75. The lowest BCUT2D eigenvalue weighted by Crippen LogP contribution is -2.62. The van der Waals surface area contributed by atoms with Gasteiger partial charge in [-0.2, -0.15) is 0 Å². The third-order valence-corrected chi connectivity index (χ3v) is 14.5. The summed E-state index contributed by atoms with van der Waals surface area (Å²) in [7, 11) is 0. The van der Waals surface area contributed by atoms with Crippen molar-refractivity contribution in [1.82, 2.24) is 5.32 Å². The zero-order valence-electron chi connectivity index (χ0n) is 31.2.